The predicted molar refractivity (Wildman–Crippen MR) is 97.5 cm³/mol. The molecule has 25 heavy (non-hydrogen) atoms. The number of nitrogens with one attached hydrogen (secondary N) is 1. The van der Waals surface area contributed by atoms with Crippen LogP contribution in [0.4, 0.5) is 5.95 Å². The molecule has 6 heteroatoms. The van der Waals surface area contributed by atoms with Gasteiger partial charge in [0.15, 0.2) is 0 Å². The van der Waals surface area contributed by atoms with E-state index in [9.17, 15) is 4.79 Å². The van der Waals surface area contributed by atoms with Gasteiger partial charge in [0.05, 0.1) is 5.56 Å². The molecule has 2 aliphatic rings. The van der Waals surface area contributed by atoms with Crippen molar-refractivity contribution in [3.63, 3.8) is 0 Å². The van der Waals surface area contributed by atoms with Crippen molar-refractivity contribution in [2.75, 3.05) is 24.6 Å². The van der Waals surface area contributed by atoms with E-state index in [4.69, 9.17) is 5.11 Å². The highest BCUT2D eigenvalue weighted by Gasteiger charge is 2.53. The number of amides is 1. The van der Waals surface area contributed by atoms with Crippen molar-refractivity contribution < 1.29 is 9.90 Å². The molecular formula is C19H30N4O2. The number of anilines is 1. The van der Waals surface area contributed by atoms with Gasteiger partial charge in [-0.2, -0.15) is 0 Å². The number of aromatic nitrogens is 2. The van der Waals surface area contributed by atoms with Gasteiger partial charge in [0.2, 0.25) is 5.95 Å². The van der Waals surface area contributed by atoms with Crippen LogP contribution in [0.1, 0.15) is 57.3 Å². The first-order valence-corrected chi connectivity index (χ1v) is 9.22. The zero-order chi connectivity index (χ0) is 18.2. The van der Waals surface area contributed by atoms with E-state index in [2.05, 4.69) is 47.9 Å². The topological polar surface area (TPSA) is 78.4 Å². The van der Waals surface area contributed by atoms with E-state index in [0.717, 1.165) is 32.4 Å². The maximum absolute atomic E-state index is 12.6. The molecule has 1 atom stereocenters. The van der Waals surface area contributed by atoms with Gasteiger partial charge in [0, 0.05) is 38.1 Å². The summed E-state index contributed by atoms with van der Waals surface area (Å²) < 4.78 is 0. The van der Waals surface area contributed by atoms with Gasteiger partial charge in [0.1, 0.15) is 0 Å². The number of rotatable bonds is 5. The van der Waals surface area contributed by atoms with Crippen molar-refractivity contribution in [3.8, 4) is 0 Å². The number of carbonyl (C=O) groups is 1. The van der Waals surface area contributed by atoms with E-state index < -0.39 is 0 Å². The molecule has 1 aromatic rings. The molecular weight excluding hydrogens is 316 g/mol. The summed E-state index contributed by atoms with van der Waals surface area (Å²) in [6, 6.07) is 0.157. The Hall–Kier alpha value is -1.69. The minimum Gasteiger partial charge on any atom is -0.396 e. The molecule has 1 saturated heterocycles. The zero-order valence-electron chi connectivity index (χ0n) is 15.7. The predicted octanol–water partition coefficient (Wildman–Crippen LogP) is 2.24. The third kappa shape index (κ3) is 3.64. The number of carbonyl (C=O) groups excluding carboxylic acids is 1. The van der Waals surface area contributed by atoms with Crippen molar-refractivity contribution >= 4 is 11.9 Å². The molecule has 2 heterocycles. The summed E-state index contributed by atoms with van der Waals surface area (Å²) in [6.07, 6.45) is 6.22. The van der Waals surface area contributed by atoms with E-state index in [-0.39, 0.29) is 29.4 Å². The van der Waals surface area contributed by atoms with Crippen LogP contribution in [-0.2, 0) is 0 Å². The molecule has 1 aliphatic carbocycles. The standard InChI is InChI=1S/C19H30N4O2/c1-18(2)12-19(3,4)16(18)22-15(25)14-9-20-17(21-10-14)23-7-5-13(11-23)6-8-24/h9-10,13,16,24H,5-8,11-12H2,1-4H3,(H,22,25). The molecule has 0 aromatic carbocycles. The highest BCUT2D eigenvalue weighted by molar-refractivity contribution is 5.94. The van der Waals surface area contributed by atoms with Crippen LogP contribution in [0.2, 0.25) is 0 Å². The maximum atomic E-state index is 12.6. The largest absolute Gasteiger partial charge is 0.396 e. The minimum absolute atomic E-state index is 0.100. The fraction of sp³-hybridized carbons (Fsp3) is 0.737. The second-order valence-corrected chi connectivity index (χ2v) is 8.95. The molecule has 1 aliphatic heterocycles. The fourth-order valence-corrected chi connectivity index (χ4v) is 4.94. The van der Waals surface area contributed by atoms with Crippen LogP contribution < -0.4 is 10.2 Å². The van der Waals surface area contributed by atoms with Gasteiger partial charge >= 0.3 is 0 Å². The second kappa shape index (κ2) is 6.56. The molecule has 3 rings (SSSR count). The van der Waals surface area contributed by atoms with Gasteiger partial charge in [0.25, 0.3) is 5.91 Å². The van der Waals surface area contributed by atoms with Gasteiger partial charge in [-0.1, -0.05) is 27.7 Å². The van der Waals surface area contributed by atoms with E-state index in [0.29, 0.717) is 17.4 Å². The first-order chi connectivity index (χ1) is 11.7. The molecule has 1 aromatic heterocycles. The number of aliphatic hydroxyl groups excluding tert-OH is 1. The van der Waals surface area contributed by atoms with E-state index in [1.165, 1.54) is 0 Å². The molecule has 1 amide bonds. The lowest BCUT2D eigenvalue weighted by molar-refractivity contribution is -0.0366. The first kappa shape index (κ1) is 18.1. The quantitative estimate of drug-likeness (QED) is 0.855. The number of hydrogen-bond acceptors (Lipinski definition) is 5. The normalized spacial score (nSPS) is 24.8. The average molecular weight is 346 g/mol. The van der Waals surface area contributed by atoms with Gasteiger partial charge in [-0.3, -0.25) is 4.79 Å². The summed E-state index contributed by atoms with van der Waals surface area (Å²) in [4.78, 5) is 23.5. The number of nitrogens with zero attached hydrogens (tertiary/aromatic N) is 3. The van der Waals surface area contributed by atoms with Gasteiger partial charge in [-0.25, -0.2) is 9.97 Å². The molecule has 1 unspecified atom stereocenters. The van der Waals surface area contributed by atoms with Crippen LogP contribution in [0.15, 0.2) is 12.4 Å². The van der Waals surface area contributed by atoms with Gasteiger partial charge in [-0.15, -0.1) is 0 Å². The molecule has 0 radical (unpaired) electrons. The van der Waals surface area contributed by atoms with Crippen molar-refractivity contribution in [1.29, 1.82) is 0 Å². The Morgan fingerprint density at radius 1 is 1.28 bits per heavy atom. The summed E-state index contributed by atoms with van der Waals surface area (Å²) >= 11 is 0. The highest BCUT2D eigenvalue weighted by atomic mass is 16.3. The van der Waals surface area contributed by atoms with Gasteiger partial charge in [-0.05, 0) is 36.0 Å². The highest BCUT2D eigenvalue weighted by Crippen LogP contribution is 2.53. The summed E-state index contributed by atoms with van der Waals surface area (Å²) in [5.41, 5.74) is 0.752. The molecule has 1 saturated carbocycles. The van der Waals surface area contributed by atoms with Gasteiger partial charge < -0.3 is 15.3 Å². The average Bonchev–Trinajstić information content (AvgIpc) is 3.00. The second-order valence-electron chi connectivity index (χ2n) is 8.95. The zero-order valence-corrected chi connectivity index (χ0v) is 15.7. The Morgan fingerprint density at radius 2 is 1.92 bits per heavy atom. The lowest BCUT2D eigenvalue weighted by Crippen LogP contribution is -2.63. The fourth-order valence-electron chi connectivity index (χ4n) is 4.94. The Balaban J connectivity index is 1.62. The van der Waals surface area contributed by atoms with E-state index >= 15 is 0 Å². The number of hydrogen-bond donors (Lipinski definition) is 2. The molecule has 0 spiro atoms. The molecule has 2 fully saturated rings. The Bertz CT molecular complexity index is 613. The summed E-state index contributed by atoms with van der Waals surface area (Å²) in [5.74, 6) is 1.07. The lowest BCUT2D eigenvalue weighted by Gasteiger charge is -2.57. The van der Waals surface area contributed by atoms with Crippen LogP contribution in [0, 0.1) is 16.7 Å². The summed E-state index contributed by atoms with van der Waals surface area (Å²) in [5, 5.41) is 12.2. The van der Waals surface area contributed by atoms with Crippen LogP contribution in [-0.4, -0.2) is 46.7 Å². The maximum Gasteiger partial charge on any atom is 0.254 e. The van der Waals surface area contributed by atoms with Crippen LogP contribution in [0.3, 0.4) is 0 Å². The Labute approximate surface area is 150 Å². The molecule has 0 bridgehead atoms. The molecule has 6 nitrogen and oxygen atoms in total. The lowest BCUT2D eigenvalue weighted by atomic mass is 9.52. The molecule has 138 valence electrons. The van der Waals surface area contributed by atoms with E-state index in [1.807, 2.05) is 0 Å². The van der Waals surface area contributed by atoms with Crippen LogP contribution in [0.5, 0.6) is 0 Å². The summed E-state index contributed by atoms with van der Waals surface area (Å²) in [7, 11) is 0. The monoisotopic (exact) mass is 346 g/mol. The van der Waals surface area contributed by atoms with Crippen LogP contribution >= 0.6 is 0 Å². The summed E-state index contributed by atoms with van der Waals surface area (Å²) in [6.45, 7) is 10.8. The van der Waals surface area contributed by atoms with Crippen molar-refractivity contribution in [1.82, 2.24) is 15.3 Å². The Morgan fingerprint density at radius 3 is 2.48 bits per heavy atom. The third-order valence-corrected chi connectivity index (χ3v) is 5.76. The SMILES string of the molecule is CC1(C)CC(C)(C)C1NC(=O)c1cnc(N2CCC(CCO)C2)nc1. The first-order valence-electron chi connectivity index (χ1n) is 9.22. The smallest absolute Gasteiger partial charge is 0.254 e. The molecule has 2 N–H and O–H groups in total. The van der Waals surface area contributed by atoms with Crippen molar-refractivity contribution in [3.05, 3.63) is 18.0 Å². The number of aliphatic hydroxyl groups is 1. The van der Waals surface area contributed by atoms with Crippen molar-refractivity contribution in [2.45, 2.75) is 53.0 Å². The van der Waals surface area contributed by atoms with Crippen LogP contribution in [0.25, 0.3) is 0 Å². The third-order valence-electron chi connectivity index (χ3n) is 5.76. The minimum atomic E-state index is -0.100. The Kier molecular flexibility index (Phi) is 4.75. The van der Waals surface area contributed by atoms with Crippen molar-refractivity contribution in [2.24, 2.45) is 16.7 Å². The van der Waals surface area contributed by atoms with E-state index in [1.54, 1.807) is 12.4 Å².